The lowest BCUT2D eigenvalue weighted by Crippen LogP contribution is -2.62. The van der Waals surface area contributed by atoms with E-state index < -0.39 is 115 Å². The lowest BCUT2D eigenvalue weighted by atomic mass is 10.0. The Bertz CT molecular complexity index is 2080. The van der Waals surface area contributed by atoms with Crippen LogP contribution in [0.4, 0.5) is 4.79 Å². The van der Waals surface area contributed by atoms with Crippen molar-refractivity contribution >= 4 is 53.4 Å². The Morgan fingerprint density at radius 2 is 1.34 bits per heavy atom. The van der Waals surface area contributed by atoms with Gasteiger partial charge in [0.15, 0.2) is 0 Å². The molecule has 25 nitrogen and oxygen atoms in total. The highest BCUT2D eigenvalue weighted by Gasteiger charge is 2.41. The number of aromatic amines is 2. The number of nitrogens with two attached hydrogens (primary N) is 1. The number of hydrogen-bond donors (Lipinski definition) is 12. The molecule has 3 aromatic rings. The van der Waals surface area contributed by atoms with Crippen molar-refractivity contribution in [3.63, 3.8) is 0 Å². The second-order valence-corrected chi connectivity index (χ2v) is 15.1. The first-order valence-electron chi connectivity index (χ1n) is 20.0. The standard InChI is InChI=1S/C39H53N13O12/c1-39(2,37(62)49-25(11-23-13-41-20-45-23)33(58)43-15-30(55)47-27(17-53)32(40)57)51-35(60)29-9-6-10-52(29)36(61)28(18-54)48-31(56)16-44-34(59)26(12-24-14-42-21-46-24)50-38(63)64-19-22-7-4-3-5-8-22/h3-5,7-8,13-14,20-21,25-29,53-54H,6,9-12,15-19H2,1-2H3,(H2,40,57)(H,41,45)(H,42,46)(H,43,58)(H,44,59)(H,47,55)(H,48,56)(H,49,62)(H,50,63)(H,51,60)/t25-,26-,27-,28-,29+/m0/s1. The van der Waals surface area contributed by atoms with Crippen molar-refractivity contribution in [1.82, 2.24) is 62.1 Å². The summed E-state index contributed by atoms with van der Waals surface area (Å²) in [7, 11) is 0. The van der Waals surface area contributed by atoms with Gasteiger partial charge >= 0.3 is 6.09 Å². The number of likely N-dealkylation sites (tertiary alicyclic amines) is 1. The predicted molar refractivity (Wildman–Crippen MR) is 220 cm³/mol. The molecule has 0 aliphatic carbocycles. The van der Waals surface area contributed by atoms with Crippen LogP contribution in [0.3, 0.4) is 0 Å². The third-order valence-corrected chi connectivity index (χ3v) is 9.77. The highest BCUT2D eigenvalue weighted by molar-refractivity contribution is 5.98. The summed E-state index contributed by atoms with van der Waals surface area (Å²) < 4.78 is 5.23. The maximum atomic E-state index is 13.7. The number of aromatic nitrogens is 4. The molecule has 5 atom stereocenters. The van der Waals surface area contributed by atoms with E-state index in [1.165, 1.54) is 38.9 Å². The fraction of sp³-hybridized carbons (Fsp3) is 0.462. The molecule has 2 aromatic heterocycles. The average Bonchev–Trinajstić information content (AvgIpc) is 4.09. The van der Waals surface area contributed by atoms with Gasteiger partial charge in [0.2, 0.25) is 47.3 Å². The molecule has 1 saturated heterocycles. The van der Waals surface area contributed by atoms with Gasteiger partial charge in [-0.2, -0.15) is 0 Å². The third-order valence-electron chi connectivity index (χ3n) is 9.77. The van der Waals surface area contributed by atoms with Gasteiger partial charge < -0.3 is 72.8 Å². The van der Waals surface area contributed by atoms with Crippen molar-refractivity contribution in [2.24, 2.45) is 5.73 Å². The van der Waals surface area contributed by atoms with Crippen molar-refractivity contribution in [3.05, 3.63) is 72.3 Å². The van der Waals surface area contributed by atoms with Crippen LogP contribution in [-0.2, 0) is 62.5 Å². The lowest BCUT2D eigenvalue weighted by molar-refractivity contribution is -0.143. The fourth-order valence-electron chi connectivity index (χ4n) is 6.31. The van der Waals surface area contributed by atoms with Gasteiger partial charge in [-0.25, -0.2) is 14.8 Å². The quantitative estimate of drug-likeness (QED) is 0.0426. The van der Waals surface area contributed by atoms with E-state index in [1.807, 2.05) is 0 Å². The molecule has 64 heavy (non-hydrogen) atoms. The topological polar surface area (TPSA) is 374 Å². The Balaban J connectivity index is 1.32. The molecule has 9 amide bonds. The summed E-state index contributed by atoms with van der Waals surface area (Å²) in [5, 5.41) is 36.2. The van der Waals surface area contributed by atoms with Crippen molar-refractivity contribution in [2.45, 2.75) is 81.9 Å². The zero-order valence-electron chi connectivity index (χ0n) is 35.0. The summed E-state index contributed by atoms with van der Waals surface area (Å²) in [5.41, 5.74) is 5.05. The van der Waals surface area contributed by atoms with Gasteiger partial charge in [0.1, 0.15) is 42.4 Å². The summed E-state index contributed by atoms with van der Waals surface area (Å²) in [6.07, 6.45) is 5.03. The van der Waals surface area contributed by atoms with Gasteiger partial charge in [-0.15, -0.1) is 0 Å². The number of aliphatic hydroxyl groups excluding tert-OH is 2. The molecule has 0 bridgehead atoms. The summed E-state index contributed by atoms with van der Waals surface area (Å²) >= 11 is 0. The number of benzene rings is 1. The van der Waals surface area contributed by atoms with Gasteiger partial charge in [0.25, 0.3) is 0 Å². The van der Waals surface area contributed by atoms with Gasteiger partial charge in [-0.3, -0.25) is 38.4 Å². The van der Waals surface area contributed by atoms with Crippen LogP contribution >= 0.6 is 0 Å². The zero-order valence-corrected chi connectivity index (χ0v) is 35.0. The van der Waals surface area contributed by atoms with Crippen molar-refractivity contribution in [1.29, 1.82) is 0 Å². The molecule has 346 valence electrons. The van der Waals surface area contributed by atoms with E-state index in [-0.39, 0.29) is 32.4 Å². The molecule has 0 unspecified atom stereocenters. The average molecular weight is 896 g/mol. The molecular weight excluding hydrogens is 843 g/mol. The Morgan fingerprint density at radius 1 is 0.797 bits per heavy atom. The van der Waals surface area contributed by atoms with Crippen LogP contribution in [0.1, 0.15) is 43.6 Å². The number of nitrogens with zero attached hydrogens (tertiary/aromatic N) is 3. The van der Waals surface area contributed by atoms with Crippen LogP contribution in [0, 0.1) is 0 Å². The zero-order chi connectivity index (χ0) is 46.8. The largest absolute Gasteiger partial charge is 0.445 e. The molecule has 25 heteroatoms. The number of ether oxygens (including phenoxy) is 1. The van der Waals surface area contributed by atoms with Gasteiger partial charge in [-0.1, -0.05) is 30.3 Å². The Morgan fingerprint density at radius 3 is 1.86 bits per heavy atom. The Kier molecular flexibility index (Phi) is 18.2. The molecule has 0 spiro atoms. The normalized spacial score (nSPS) is 15.3. The lowest BCUT2D eigenvalue weighted by Gasteiger charge is -2.32. The number of nitrogens with one attached hydrogen (secondary N) is 9. The fourth-order valence-corrected chi connectivity index (χ4v) is 6.31. The molecular formula is C39H53N13O12. The number of amides is 9. The first kappa shape index (κ1) is 49.2. The van der Waals surface area contributed by atoms with Crippen LogP contribution in [0.2, 0.25) is 0 Å². The number of carbonyl (C=O) groups is 9. The molecule has 1 aliphatic heterocycles. The monoisotopic (exact) mass is 895 g/mol. The Labute approximate surface area is 365 Å². The maximum absolute atomic E-state index is 13.7. The van der Waals surface area contributed by atoms with E-state index in [2.05, 4.69) is 57.2 Å². The first-order chi connectivity index (χ1) is 30.5. The van der Waals surface area contributed by atoms with Gasteiger partial charge in [-0.05, 0) is 32.3 Å². The second kappa shape index (κ2) is 23.7. The van der Waals surface area contributed by atoms with Crippen LogP contribution in [-0.4, -0.2) is 157 Å². The van der Waals surface area contributed by atoms with Crippen LogP contribution in [0.15, 0.2) is 55.4 Å². The minimum atomic E-state index is -1.69. The molecule has 0 saturated carbocycles. The van der Waals surface area contributed by atoms with E-state index in [4.69, 9.17) is 10.5 Å². The number of alkyl carbamates (subject to hydrolysis) is 1. The number of rotatable bonds is 23. The summed E-state index contributed by atoms with van der Waals surface area (Å²) in [5.74, 6) is -6.72. The minimum Gasteiger partial charge on any atom is -0.445 e. The number of carbonyl (C=O) groups excluding carboxylic acids is 9. The SMILES string of the molecule is CC(C)(NC(=O)[C@H]1CCCN1C(=O)[C@H](CO)NC(=O)CNC(=O)[C@H](Cc1cnc[nH]1)NC(=O)OCc1ccccc1)C(=O)N[C@@H](Cc1cnc[nH]1)C(=O)NCC(=O)N[C@@H](CO)C(N)=O. The summed E-state index contributed by atoms with van der Waals surface area (Å²) in [6, 6.07) is 2.26. The molecule has 13 N–H and O–H groups in total. The van der Waals surface area contributed by atoms with E-state index in [1.54, 1.807) is 30.3 Å². The van der Waals surface area contributed by atoms with Crippen LogP contribution in [0.5, 0.6) is 0 Å². The number of H-pyrrole nitrogens is 2. The van der Waals surface area contributed by atoms with E-state index in [0.717, 1.165) is 4.90 Å². The molecule has 0 radical (unpaired) electrons. The molecule has 1 fully saturated rings. The third kappa shape index (κ3) is 14.9. The number of aliphatic hydroxyl groups is 2. The molecule has 3 heterocycles. The predicted octanol–water partition coefficient (Wildman–Crippen LogP) is -4.74. The van der Waals surface area contributed by atoms with Crippen molar-refractivity contribution in [2.75, 3.05) is 32.8 Å². The number of primary amides is 1. The van der Waals surface area contributed by atoms with E-state index in [9.17, 15) is 53.4 Å². The van der Waals surface area contributed by atoms with Crippen LogP contribution in [0.25, 0.3) is 0 Å². The smallest absolute Gasteiger partial charge is 0.408 e. The van der Waals surface area contributed by atoms with Gasteiger partial charge in [0.05, 0.1) is 39.0 Å². The maximum Gasteiger partial charge on any atom is 0.408 e. The number of imidazole rings is 2. The summed E-state index contributed by atoms with van der Waals surface area (Å²) in [4.78, 5) is 131. The molecule has 4 rings (SSSR count). The molecule has 1 aliphatic rings. The first-order valence-corrected chi connectivity index (χ1v) is 20.0. The van der Waals surface area contributed by atoms with Crippen molar-refractivity contribution < 1.29 is 58.1 Å². The highest BCUT2D eigenvalue weighted by atomic mass is 16.5. The minimum absolute atomic E-state index is 0.0441. The van der Waals surface area contributed by atoms with E-state index in [0.29, 0.717) is 23.4 Å². The van der Waals surface area contributed by atoms with Crippen LogP contribution < -0.4 is 43.0 Å². The molecule has 1 aromatic carbocycles. The Hall–Kier alpha value is -7.41. The summed E-state index contributed by atoms with van der Waals surface area (Å²) in [6.45, 7) is -0.248. The van der Waals surface area contributed by atoms with E-state index >= 15 is 0 Å². The van der Waals surface area contributed by atoms with Crippen molar-refractivity contribution in [3.8, 4) is 0 Å². The number of hydrogen-bond acceptors (Lipinski definition) is 14. The van der Waals surface area contributed by atoms with Gasteiger partial charge in [0, 0.05) is 43.2 Å². The second-order valence-electron chi connectivity index (χ2n) is 15.1. The highest BCUT2D eigenvalue weighted by Crippen LogP contribution is 2.20.